The molecule has 5 N–H and O–H groups in total. The van der Waals surface area contributed by atoms with Crippen molar-refractivity contribution in [3.63, 3.8) is 0 Å². The highest BCUT2D eigenvalue weighted by Crippen LogP contribution is 2.26. The maximum absolute atomic E-state index is 12.3. The third-order valence-corrected chi connectivity index (χ3v) is 4.79. The SMILES string of the molecule is O=C(N/N=C/c1ccc(O)cc1O)C1CC(c2ccc3ccccc3c2)NN1. The molecule has 3 aromatic rings. The van der Waals surface area contributed by atoms with Gasteiger partial charge in [0, 0.05) is 17.7 Å². The van der Waals surface area contributed by atoms with Crippen molar-refractivity contribution in [2.45, 2.75) is 18.5 Å². The molecule has 2 unspecified atom stereocenters. The van der Waals surface area contributed by atoms with Crippen LogP contribution in [-0.2, 0) is 4.79 Å². The molecule has 28 heavy (non-hydrogen) atoms. The molecule has 0 aliphatic carbocycles. The number of hydrazone groups is 1. The van der Waals surface area contributed by atoms with E-state index >= 15 is 0 Å². The van der Waals surface area contributed by atoms with Crippen LogP contribution < -0.4 is 16.3 Å². The molecule has 0 radical (unpaired) electrons. The summed E-state index contributed by atoms with van der Waals surface area (Å²) in [6.45, 7) is 0. The van der Waals surface area contributed by atoms with E-state index in [9.17, 15) is 15.0 Å². The van der Waals surface area contributed by atoms with Gasteiger partial charge in [0.05, 0.1) is 6.21 Å². The first-order chi connectivity index (χ1) is 13.6. The Bertz CT molecular complexity index is 1050. The van der Waals surface area contributed by atoms with Gasteiger partial charge >= 0.3 is 0 Å². The molecule has 3 aromatic carbocycles. The zero-order valence-electron chi connectivity index (χ0n) is 15.0. The second kappa shape index (κ2) is 7.67. The number of aromatic hydroxyl groups is 2. The van der Waals surface area contributed by atoms with E-state index in [2.05, 4.69) is 51.7 Å². The molecule has 0 saturated carbocycles. The van der Waals surface area contributed by atoms with Gasteiger partial charge in [-0.25, -0.2) is 16.3 Å². The maximum atomic E-state index is 12.3. The average molecular weight is 376 g/mol. The van der Waals surface area contributed by atoms with Crippen LogP contribution in [0.3, 0.4) is 0 Å². The van der Waals surface area contributed by atoms with Gasteiger partial charge < -0.3 is 10.2 Å². The molecule has 1 saturated heterocycles. The number of fused-ring (bicyclic) bond motifs is 1. The summed E-state index contributed by atoms with van der Waals surface area (Å²) in [5, 5.41) is 25.2. The number of rotatable bonds is 4. The minimum Gasteiger partial charge on any atom is -0.508 e. The summed E-state index contributed by atoms with van der Waals surface area (Å²) >= 11 is 0. The van der Waals surface area contributed by atoms with E-state index in [1.54, 1.807) is 0 Å². The molecule has 0 bridgehead atoms. The second-order valence-corrected chi connectivity index (χ2v) is 6.71. The molecule has 1 aliphatic heterocycles. The van der Waals surface area contributed by atoms with Crippen molar-refractivity contribution in [2.24, 2.45) is 5.10 Å². The number of carbonyl (C=O) groups excluding carboxylic acids is 1. The zero-order valence-corrected chi connectivity index (χ0v) is 15.0. The van der Waals surface area contributed by atoms with E-state index in [4.69, 9.17) is 0 Å². The number of nitrogens with one attached hydrogen (secondary N) is 3. The lowest BCUT2D eigenvalue weighted by Crippen LogP contribution is -2.41. The number of nitrogens with zero attached hydrogens (tertiary/aromatic N) is 1. The molecular formula is C21H20N4O3. The number of amides is 1. The topological polar surface area (TPSA) is 106 Å². The molecule has 1 amide bonds. The molecule has 0 spiro atoms. The Hall–Kier alpha value is -3.42. The highest BCUT2D eigenvalue weighted by Gasteiger charge is 2.30. The van der Waals surface area contributed by atoms with E-state index in [1.807, 2.05) is 12.1 Å². The van der Waals surface area contributed by atoms with Crippen LogP contribution in [0.2, 0.25) is 0 Å². The van der Waals surface area contributed by atoms with E-state index in [0.29, 0.717) is 12.0 Å². The number of phenolic OH excluding ortho intramolecular Hbond substituents is 2. The lowest BCUT2D eigenvalue weighted by molar-refractivity contribution is -0.122. The van der Waals surface area contributed by atoms with Crippen molar-refractivity contribution < 1.29 is 15.0 Å². The van der Waals surface area contributed by atoms with Crippen molar-refractivity contribution in [1.82, 2.24) is 16.3 Å². The van der Waals surface area contributed by atoms with Crippen LogP contribution in [0, 0.1) is 0 Å². The molecular weight excluding hydrogens is 356 g/mol. The van der Waals surface area contributed by atoms with Crippen molar-refractivity contribution in [1.29, 1.82) is 0 Å². The first-order valence-electron chi connectivity index (χ1n) is 8.95. The number of hydrogen-bond acceptors (Lipinski definition) is 6. The van der Waals surface area contributed by atoms with Crippen LogP contribution in [0.1, 0.15) is 23.6 Å². The molecule has 7 nitrogen and oxygen atoms in total. The van der Waals surface area contributed by atoms with Gasteiger partial charge in [0.2, 0.25) is 0 Å². The van der Waals surface area contributed by atoms with E-state index in [0.717, 1.165) is 10.9 Å². The number of benzene rings is 3. The predicted molar refractivity (Wildman–Crippen MR) is 107 cm³/mol. The molecule has 1 fully saturated rings. The standard InChI is InChI=1S/C21H20N4O3/c26-17-8-7-16(20(27)10-17)12-22-25-21(28)19-11-18(23-24-19)15-6-5-13-3-1-2-4-14(13)9-15/h1-10,12,18-19,23-24,26-27H,11H2,(H,25,28)/b22-12+. The highest BCUT2D eigenvalue weighted by atomic mass is 16.3. The van der Waals surface area contributed by atoms with E-state index in [-0.39, 0.29) is 23.4 Å². The van der Waals surface area contributed by atoms with E-state index in [1.165, 1.54) is 29.8 Å². The van der Waals surface area contributed by atoms with Crippen molar-refractivity contribution in [2.75, 3.05) is 0 Å². The first kappa shape index (κ1) is 18.0. The van der Waals surface area contributed by atoms with Crippen LogP contribution in [0.4, 0.5) is 0 Å². The monoisotopic (exact) mass is 376 g/mol. The fraction of sp³-hybridized carbons (Fsp3) is 0.143. The molecule has 142 valence electrons. The van der Waals surface area contributed by atoms with Crippen molar-refractivity contribution in [3.05, 3.63) is 71.8 Å². The summed E-state index contributed by atoms with van der Waals surface area (Å²) in [7, 11) is 0. The smallest absolute Gasteiger partial charge is 0.258 e. The van der Waals surface area contributed by atoms with Gasteiger partial charge in [0.25, 0.3) is 5.91 Å². The first-order valence-corrected chi connectivity index (χ1v) is 8.95. The van der Waals surface area contributed by atoms with Gasteiger partial charge in [-0.3, -0.25) is 4.79 Å². The van der Waals surface area contributed by atoms with Crippen LogP contribution in [0.25, 0.3) is 10.8 Å². The molecule has 7 heteroatoms. The van der Waals surface area contributed by atoms with Gasteiger partial charge in [-0.15, -0.1) is 0 Å². The predicted octanol–water partition coefficient (Wildman–Crippen LogP) is 2.31. The van der Waals surface area contributed by atoms with Gasteiger partial charge in [-0.1, -0.05) is 36.4 Å². The molecule has 0 aromatic heterocycles. The summed E-state index contributed by atoms with van der Waals surface area (Å²) in [5.74, 6) is -0.431. The zero-order chi connectivity index (χ0) is 19.5. The lowest BCUT2D eigenvalue weighted by atomic mass is 9.99. The van der Waals surface area contributed by atoms with Crippen molar-refractivity contribution >= 4 is 22.9 Å². The summed E-state index contributed by atoms with van der Waals surface area (Å²) in [4.78, 5) is 12.3. The largest absolute Gasteiger partial charge is 0.508 e. The van der Waals surface area contributed by atoms with Crippen LogP contribution in [0.5, 0.6) is 11.5 Å². The van der Waals surface area contributed by atoms with Crippen LogP contribution in [0.15, 0.2) is 65.8 Å². The molecule has 2 atom stereocenters. The normalized spacial score (nSPS) is 19.3. The highest BCUT2D eigenvalue weighted by molar-refractivity contribution is 5.87. The Morgan fingerprint density at radius 3 is 2.68 bits per heavy atom. The quantitative estimate of drug-likeness (QED) is 0.355. The Morgan fingerprint density at radius 1 is 1.04 bits per heavy atom. The maximum Gasteiger partial charge on any atom is 0.258 e. The summed E-state index contributed by atoms with van der Waals surface area (Å²) in [6.07, 6.45) is 1.92. The number of phenols is 2. The second-order valence-electron chi connectivity index (χ2n) is 6.71. The summed E-state index contributed by atoms with van der Waals surface area (Å²) < 4.78 is 0. The van der Waals surface area contributed by atoms with Gasteiger partial charge in [-0.05, 0) is 41.0 Å². The fourth-order valence-corrected chi connectivity index (χ4v) is 3.26. The van der Waals surface area contributed by atoms with E-state index < -0.39 is 6.04 Å². The molecule has 4 rings (SSSR count). The Morgan fingerprint density at radius 2 is 1.86 bits per heavy atom. The molecule has 1 heterocycles. The number of hydrogen-bond donors (Lipinski definition) is 5. The van der Waals surface area contributed by atoms with Crippen LogP contribution >= 0.6 is 0 Å². The fourth-order valence-electron chi connectivity index (χ4n) is 3.26. The Balaban J connectivity index is 1.37. The average Bonchev–Trinajstić information content (AvgIpc) is 3.19. The third-order valence-electron chi connectivity index (χ3n) is 4.79. The van der Waals surface area contributed by atoms with Gasteiger partial charge in [0.15, 0.2) is 0 Å². The number of hydrazine groups is 1. The van der Waals surface area contributed by atoms with Gasteiger partial charge in [0.1, 0.15) is 17.5 Å². The minimum absolute atomic E-state index is 0.0190. The number of carbonyl (C=O) groups is 1. The van der Waals surface area contributed by atoms with Gasteiger partial charge in [-0.2, -0.15) is 5.10 Å². The third kappa shape index (κ3) is 3.80. The van der Waals surface area contributed by atoms with Crippen molar-refractivity contribution in [3.8, 4) is 11.5 Å². The Kier molecular flexibility index (Phi) is 4.92. The minimum atomic E-state index is -0.429. The lowest BCUT2D eigenvalue weighted by Gasteiger charge is -2.10. The Labute approximate surface area is 161 Å². The molecule has 1 aliphatic rings. The van der Waals surface area contributed by atoms with Crippen LogP contribution in [-0.4, -0.2) is 28.4 Å². The summed E-state index contributed by atoms with van der Waals surface area (Å²) in [6, 6.07) is 18.2. The summed E-state index contributed by atoms with van der Waals surface area (Å²) in [5.41, 5.74) is 10.1.